The summed E-state index contributed by atoms with van der Waals surface area (Å²) < 4.78 is 10.8. The van der Waals surface area contributed by atoms with Crippen molar-refractivity contribution < 1.29 is 38.4 Å². The summed E-state index contributed by atoms with van der Waals surface area (Å²) in [5.41, 5.74) is 1.46. The van der Waals surface area contributed by atoms with Crippen LogP contribution in [0, 0.1) is 10.1 Å². The summed E-state index contributed by atoms with van der Waals surface area (Å²) in [6.07, 6.45) is 1.44. The lowest BCUT2D eigenvalue weighted by Crippen LogP contribution is -2.36. The highest BCUT2D eigenvalue weighted by Crippen LogP contribution is 2.35. The van der Waals surface area contributed by atoms with Crippen LogP contribution in [0.5, 0.6) is 5.75 Å². The molecule has 4 rings (SSSR count). The van der Waals surface area contributed by atoms with Crippen LogP contribution in [0.25, 0.3) is 6.08 Å². The van der Waals surface area contributed by atoms with E-state index in [0.29, 0.717) is 30.4 Å². The van der Waals surface area contributed by atoms with Crippen molar-refractivity contribution in [3.63, 3.8) is 0 Å². The maximum Gasteiger partial charge on any atom is 0.339 e. The molecule has 0 bridgehead atoms. The third kappa shape index (κ3) is 9.36. The van der Waals surface area contributed by atoms with Gasteiger partial charge in [0.15, 0.2) is 6.61 Å². The number of benzene rings is 3. The van der Waals surface area contributed by atoms with Gasteiger partial charge in [-0.05, 0) is 75.0 Å². The van der Waals surface area contributed by atoms with Crippen LogP contribution in [0.4, 0.5) is 27.5 Å². The average Bonchev–Trinajstić information content (AvgIpc) is 3.33. The zero-order valence-electron chi connectivity index (χ0n) is 26.7. The highest BCUT2D eigenvalue weighted by atomic mass is 35.5. The number of carbonyl (C=O) groups is 5. The van der Waals surface area contributed by atoms with E-state index in [-0.39, 0.29) is 44.9 Å². The van der Waals surface area contributed by atoms with Crippen molar-refractivity contribution in [3.05, 3.63) is 91.8 Å². The van der Waals surface area contributed by atoms with Gasteiger partial charge in [0.05, 0.1) is 27.0 Å². The van der Waals surface area contributed by atoms with Crippen LogP contribution < -0.4 is 20.3 Å². The van der Waals surface area contributed by atoms with Gasteiger partial charge in [-0.25, -0.2) is 4.79 Å². The number of hydrogen-bond donors (Lipinski definition) is 2. The second kappa shape index (κ2) is 16.6. The van der Waals surface area contributed by atoms with E-state index in [4.69, 9.17) is 21.1 Å². The number of hydrogen-bond acceptors (Lipinski definition) is 11. The fraction of sp³-hybridized carbons (Fsp3) is 0.242. The van der Waals surface area contributed by atoms with Gasteiger partial charge < -0.3 is 25.0 Å². The SMILES string of the molecule is CCOC(=O)c1cc(NC(=O)CN2C(=O)S/C(=C/c3ccc(N(CC)CC)cc3OCC(=O)Nc3cccc([N+](=O)[O-])c3)C2=O)ccc1Cl. The lowest BCUT2D eigenvalue weighted by molar-refractivity contribution is -0.384. The molecular weight excluding hydrogens is 678 g/mol. The molecule has 49 heavy (non-hydrogen) atoms. The van der Waals surface area contributed by atoms with E-state index in [1.807, 2.05) is 24.8 Å². The van der Waals surface area contributed by atoms with Gasteiger partial charge in [0, 0.05) is 53.9 Å². The Morgan fingerprint density at radius 1 is 0.980 bits per heavy atom. The van der Waals surface area contributed by atoms with Gasteiger partial charge in [-0.3, -0.25) is 34.2 Å². The maximum absolute atomic E-state index is 13.3. The lowest BCUT2D eigenvalue weighted by Gasteiger charge is -2.22. The van der Waals surface area contributed by atoms with Gasteiger partial charge in [0.2, 0.25) is 5.91 Å². The number of nitro benzene ring substituents is 1. The minimum atomic E-state index is -0.712. The number of nitrogens with one attached hydrogen (secondary N) is 2. The summed E-state index contributed by atoms with van der Waals surface area (Å²) in [6.45, 7) is 6.03. The number of thioether (sulfide) groups is 1. The molecule has 0 atom stereocenters. The Morgan fingerprint density at radius 2 is 1.69 bits per heavy atom. The Morgan fingerprint density at radius 3 is 2.39 bits per heavy atom. The first-order chi connectivity index (χ1) is 23.4. The van der Waals surface area contributed by atoms with Crippen molar-refractivity contribution in [2.24, 2.45) is 0 Å². The third-order valence-corrected chi connectivity index (χ3v) is 8.27. The molecule has 0 radical (unpaired) electrons. The predicted octanol–water partition coefficient (Wildman–Crippen LogP) is 5.96. The van der Waals surface area contributed by atoms with E-state index in [9.17, 15) is 34.1 Å². The molecule has 1 saturated heterocycles. The Hall–Kier alpha value is -5.41. The monoisotopic (exact) mass is 709 g/mol. The largest absolute Gasteiger partial charge is 0.483 e. The van der Waals surface area contributed by atoms with E-state index in [2.05, 4.69) is 10.6 Å². The van der Waals surface area contributed by atoms with Crippen molar-refractivity contribution in [1.82, 2.24) is 4.90 Å². The van der Waals surface area contributed by atoms with Crippen molar-refractivity contribution in [1.29, 1.82) is 0 Å². The molecule has 1 fully saturated rings. The molecule has 3 aromatic rings. The highest BCUT2D eigenvalue weighted by Gasteiger charge is 2.36. The van der Waals surface area contributed by atoms with Crippen LogP contribution in [0.2, 0.25) is 5.02 Å². The Balaban J connectivity index is 1.50. The maximum atomic E-state index is 13.3. The Labute approximate surface area is 290 Å². The van der Waals surface area contributed by atoms with Gasteiger partial charge in [0.25, 0.3) is 22.7 Å². The zero-order chi connectivity index (χ0) is 35.7. The van der Waals surface area contributed by atoms with E-state index in [1.165, 1.54) is 48.5 Å². The molecule has 3 aromatic carbocycles. The molecule has 1 aliphatic heterocycles. The predicted molar refractivity (Wildman–Crippen MR) is 186 cm³/mol. The highest BCUT2D eigenvalue weighted by molar-refractivity contribution is 8.18. The van der Waals surface area contributed by atoms with Crippen LogP contribution >= 0.6 is 23.4 Å². The number of halogens is 1. The van der Waals surface area contributed by atoms with Crippen LogP contribution in [-0.4, -0.2) is 71.6 Å². The summed E-state index contributed by atoms with van der Waals surface area (Å²) in [5, 5.41) is 15.7. The second-order valence-electron chi connectivity index (χ2n) is 10.3. The van der Waals surface area contributed by atoms with E-state index < -0.39 is 47.0 Å². The number of ether oxygens (including phenoxy) is 2. The molecular formula is C33H32ClN5O9S. The minimum Gasteiger partial charge on any atom is -0.483 e. The molecule has 4 amide bonds. The molecule has 1 aliphatic rings. The molecule has 0 aromatic heterocycles. The number of nitrogens with zero attached hydrogens (tertiary/aromatic N) is 3. The quantitative estimate of drug-likeness (QED) is 0.0873. The van der Waals surface area contributed by atoms with E-state index in [0.717, 1.165) is 10.6 Å². The fourth-order valence-corrected chi connectivity index (χ4v) is 5.70. The normalized spacial score (nSPS) is 13.3. The first kappa shape index (κ1) is 36.4. The molecule has 0 spiro atoms. The van der Waals surface area contributed by atoms with Crippen molar-refractivity contribution in [2.75, 3.05) is 48.4 Å². The van der Waals surface area contributed by atoms with Crippen LogP contribution in [0.15, 0.2) is 65.6 Å². The summed E-state index contributed by atoms with van der Waals surface area (Å²) in [4.78, 5) is 77.2. The molecule has 0 aliphatic carbocycles. The summed E-state index contributed by atoms with van der Waals surface area (Å²) in [7, 11) is 0. The van der Waals surface area contributed by atoms with Crippen LogP contribution in [0.3, 0.4) is 0 Å². The van der Waals surface area contributed by atoms with Gasteiger partial charge in [0.1, 0.15) is 12.3 Å². The Bertz CT molecular complexity index is 1830. The molecule has 2 N–H and O–H groups in total. The number of amides is 4. The second-order valence-corrected chi connectivity index (χ2v) is 11.7. The summed E-state index contributed by atoms with van der Waals surface area (Å²) >= 11 is 6.72. The fourth-order valence-electron chi connectivity index (χ4n) is 4.68. The first-order valence-corrected chi connectivity index (χ1v) is 16.2. The molecule has 1 heterocycles. The summed E-state index contributed by atoms with van der Waals surface area (Å²) in [6, 6.07) is 14.9. The van der Waals surface area contributed by atoms with E-state index >= 15 is 0 Å². The van der Waals surface area contributed by atoms with Gasteiger partial charge in [-0.2, -0.15) is 0 Å². The van der Waals surface area contributed by atoms with Crippen molar-refractivity contribution >= 4 is 81.1 Å². The molecule has 256 valence electrons. The standard InChI is InChI=1S/C33H32ClN5O9S/c1-4-37(5-2)23-12-10-20(27(17-23)48-19-30(41)36-21-8-7-9-24(15-21)39(45)46)14-28-31(42)38(33(44)49-28)18-29(40)35-22-11-13-26(34)25(16-22)32(43)47-6-3/h7-17H,4-6,18-19H2,1-3H3,(H,35,40)(H,36,41)/b28-14+. The van der Waals surface area contributed by atoms with Gasteiger partial charge in [-0.15, -0.1) is 0 Å². The van der Waals surface area contributed by atoms with E-state index in [1.54, 1.807) is 19.1 Å². The smallest absolute Gasteiger partial charge is 0.339 e. The topological polar surface area (TPSA) is 177 Å². The number of imide groups is 1. The number of anilines is 3. The number of carbonyl (C=O) groups excluding carboxylic acids is 5. The molecule has 14 nitrogen and oxygen atoms in total. The Kier molecular flexibility index (Phi) is 12.4. The number of nitro groups is 1. The molecule has 16 heteroatoms. The van der Waals surface area contributed by atoms with Gasteiger partial charge in [-0.1, -0.05) is 17.7 Å². The van der Waals surface area contributed by atoms with Crippen molar-refractivity contribution in [2.45, 2.75) is 20.8 Å². The van der Waals surface area contributed by atoms with Crippen LogP contribution in [0.1, 0.15) is 36.7 Å². The van der Waals surface area contributed by atoms with Crippen LogP contribution in [-0.2, 0) is 19.1 Å². The molecule has 0 unspecified atom stereocenters. The first-order valence-electron chi connectivity index (χ1n) is 15.0. The average molecular weight is 710 g/mol. The lowest BCUT2D eigenvalue weighted by atomic mass is 10.1. The summed E-state index contributed by atoms with van der Waals surface area (Å²) in [5.74, 6) is -2.42. The number of non-ortho nitro benzene ring substituents is 1. The molecule has 0 saturated carbocycles. The number of rotatable bonds is 14. The third-order valence-electron chi connectivity index (χ3n) is 7.03. The van der Waals surface area contributed by atoms with Gasteiger partial charge >= 0.3 is 5.97 Å². The zero-order valence-corrected chi connectivity index (χ0v) is 28.3. The number of esters is 1. The minimum absolute atomic E-state index is 0.0235. The van der Waals surface area contributed by atoms with Crippen molar-refractivity contribution in [3.8, 4) is 5.75 Å².